The first kappa shape index (κ1) is 17.5. The molecule has 2 heterocycles. The van der Waals surface area contributed by atoms with Crippen molar-refractivity contribution in [3.05, 3.63) is 86.6 Å². The predicted molar refractivity (Wildman–Crippen MR) is 108 cm³/mol. The molecule has 27 heavy (non-hydrogen) atoms. The smallest absolute Gasteiger partial charge is 0.282 e. The minimum atomic E-state index is -0.231. The molecule has 7 heteroatoms. The number of hydrogen-bond donors (Lipinski definition) is 0. The third-order valence-corrected chi connectivity index (χ3v) is 4.79. The summed E-state index contributed by atoms with van der Waals surface area (Å²) in [6.07, 6.45) is 1.48. The van der Waals surface area contributed by atoms with E-state index in [1.807, 2.05) is 12.1 Å². The van der Waals surface area contributed by atoms with Crippen LogP contribution in [0.25, 0.3) is 22.2 Å². The summed E-state index contributed by atoms with van der Waals surface area (Å²) in [4.78, 5) is 17.0. The van der Waals surface area contributed by atoms with Crippen LogP contribution in [0.2, 0.25) is 10.0 Å². The van der Waals surface area contributed by atoms with Gasteiger partial charge in [-0.3, -0.25) is 4.79 Å². The Morgan fingerprint density at radius 1 is 1.07 bits per heavy atom. The molecule has 0 aliphatic rings. The molecule has 4 rings (SSSR count). The third kappa shape index (κ3) is 3.39. The molecule has 0 saturated carbocycles. The molecule has 0 fully saturated rings. The highest BCUT2D eigenvalue weighted by atomic mass is 35.5. The van der Waals surface area contributed by atoms with Crippen LogP contribution in [0.15, 0.2) is 68.9 Å². The van der Waals surface area contributed by atoms with Gasteiger partial charge in [-0.2, -0.15) is 9.78 Å². The van der Waals surface area contributed by atoms with Gasteiger partial charge in [0.2, 0.25) is 0 Å². The highest BCUT2D eigenvalue weighted by Gasteiger charge is 2.08. The summed E-state index contributed by atoms with van der Waals surface area (Å²) in [5.41, 5.74) is 1.21. The fourth-order valence-electron chi connectivity index (χ4n) is 2.71. The van der Waals surface area contributed by atoms with Gasteiger partial charge in [0.1, 0.15) is 17.3 Å². The van der Waals surface area contributed by atoms with E-state index in [0.29, 0.717) is 38.3 Å². The predicted octanol–water partition coefficient (Wildman–Crippen LogP) is 5.15. The Morgan fingerprint density at radius 2 is 1.89 bits per heavy atom. The van der Waals surface area contributed by atoms with Crippen LogP contribution in [0.4, 0.5) is 0 Å². The van der Waals surface area contributed by atoms with Crippen molar-refractivity contribution in [2.24, 2.45) is 5.10 Å². The van der Waals surface area contributed by atoms with Gasteiger partial charge in [0, 0.05) is 5.56 Å². The zero-order valence-corrected chi connectivity index (χ0v) is 15.7. The number of hydrogen-bond acceptors (Lipinski definition) is 4. The Bertz CT molecular complexity index is 1240. The topological polar surface area (TPSA) is 60.4 Å². The average Bonchev–Trinajstić information content (AvgIpc) is 3.13. The molecule has 0 amide bonds. The Balaban J connectivity index is 1.68. The first-order chi connectivity index (χ1) is 13.0. The van der Waals surface area contributed by atoms with Crippen molar-refractivity contribution >= 4 is 40.3 Å². The number of benzene rings is 2. The van der Waals surface area contributed by atoms with Gasteiger partial charge < -0.3 is 4.42 Å². The normalized spacial score (nSPS) is 11.5. The first-order valence-electron chi connectivity index (χ1n) is 8.11. The molecule has 134 valence electrons. The van der Waals surface area contributed by atoms with Crippen molar-refractivity contribution in [1.82, 2.24) is 9.66 Å². The summed E-state index contributed by atoms with van der Waals surface area (Å²) >= 11 is 12.0. The number of halogens is 2. The first-order valence-corrected chi connectivity index (χ1v) is 8.86. The standard InChI is InChI=1S/C20H13Cl2N3O2/c1-12-24-18-5-3-2-4-15(18)20(26)25(12)23-11-14-7-9-19(27-14)13-6-8-16(21)17(22)10-13/h2-11H,1H3/b23-11-. The molecule has 0 radical (unpaired) electrons. The van der Waals surface area contributed by atoms with Crippen LogP contribution in [-0.2, 0) is 0 Å². The van der Waals surface area contributed by atoms with Crippen molar-refractivity contribution < 1.29 is 4.42 Å². The highest BCUT2D eigenvalue weighted by Crippen LogP contribution is 2.29. The molecular formula is C20H13Cl2N3O2. The molecule has 0 spiro atoms. The summed E-state index contributed by atoms with van der Waals surface area (Å²) in [6.45, 7) is 1.73. The van der Waals surface area contributed by atoms with E-state index < -0.39 is 0 Å². The Hall–Kier alpha value is -2.89. The minimum absolute atomic E-state index is 0.231. The lowest BCUT2D eigenvalue weighted by atomic mass is 10.2. The fourth-order valence-corrected chi connectivity index (χ4v) is 3.01. The minimum Gasteiger partial charge on any atom is -0.455 e. The maximum absolute atomic E-state index is 12.6. The SMILES string of the molecule is Cc1nc2ccccc2c(=O)n1/N=C\c1ccc(-c2ccc(Cl)c(Cl)c2)o1. The maximum Gasteiger partial charge on any atom is 0.282 e. The van der Waals surface area contributed by atoms with Gasteiger partial charge in [-0.25, -0.2) is 4.98 Å². The van der Waals surface area contributed by atoms with Gasteiger partial charge in [-0.15, -0.1) is 0 Å². The molecule has 0 N–H and O–H groups in total. The Morgan fingerprint density at radius 3 is 2.70 bits per heavy atom. The number of para-hydroxylation sites is 1. The second-order valence-electron chi connectivity index (χ2n) is 5.87. The van der Waals surface area contributed by atoms with Crippen molar-refractivity contribution in [3.8, 4) is 11.3 Å². The molecule has 4 aromatic rings. The summed E-state index contributed by atoms with van der Waals surface area (Å²) in [7, 11) is 0. The van der Waals surface area contributed by atoms with Gasteiger partial charge >= 0.3 is 0 Å². The summed E-state index contributed by atoms with van der Waals surface area (Å²) in [6, 6.07) is 16.0. The van der Waals surface area contributed by atoms with E-state index in [2.05, 4.69) is 10.1 Å². The second kappa shape index (κ2) is 7.02. The van der Waals surface area contributed by atoms with E-state index in [9.17, 15) is 4.79 Å². The van der Waals surface area contributed by atoms with Crippen LogP contribution >= 0.6 is 23.2 Å². The van der Waals surface area contributed by atoms with E-state index in [1.165, 1.54) is 10.9 Å². The zero-order chi connectivity index (χ0) is 19.0. The summed E-state index contributed by atoms with van der Waals surface area (Å²) in [5, 5.41) is 5.68. The molecule has 0 unspecified atom stereocenters. The van der Waals surface area contributed by atoms with E-state index in [4.69, 9.17) is 27.6 Å². The van der Waals surface area contributed by atoms with Gasteiger partial charge in [0.15, 0.2) is 0 Å². The number of aryl methyl sites for hydroxylation is 1. The van der Waals surface area contributed by atoms with Crippen LogP contribution in [0.5, 0.6) is 0 Å². The quantitative estimate of drug-likeness (QED) is 0.448. The number of fused-ring (bicyclic) bond motifs is 1. The number of aromatic nitrogens is 2. The Labute approximate surface area is 164 Å². The van der Waals surface area contributed by atoms with Crippen molar-refractivity contribution in [3.63, 3.8) is 0 Å². The molecule has 0 saturated heterocycles. The number of rotatable bonds is 3. The second-order valence-corrected chi connectivity index (χ2v) is 6.68. The van der Waals surface area contributed by atoms with E-state index in [1.54, 1.807) is 49.4 Å². The van der Waals surface area contributed by atoms with Crippen LogP contribution in [0, 0.1) is 6.92 Å². The van der Waals surface area contributed by atoms with Crippen LogP contribution in [0.1, 0.15) is 11.6 Å². The highest BCUT2D eigenvalue weighted by molar-refractivity contribution is 6.42. The molecular weight excluding hydrogens is 385 g/mol. The lowest BCUT2D eigenvalue weighted by molar-refractivity contribution is 0.573. The summed E-state index contributed by atoms with van der Waals surface area (Å²) in [5.74, 6) is 1.61. The Kier molecular flexibility index (Phi) is 4.56. The summed E-state index contributed by atoms with van der Waals surface area (Å²) < 4.78 is 7.02. The molecule has 2 aromatic carbocycles. The van der Waals surface area contributed by atoms with Gasteiger partial charge in [0.25, 0.3) is 5.56 Å². The van der Waals surface area contributed by atoms with E-state index in [0.717, 1.165) is 5.56 Å². The molecule has 0 atom stereocenters. The third-order valence-electron chi connectivity index (χ3n) is 4.05. The average molecular weight is 398 g/mol. The van der Waals surface area contributed by atoms with Gasteiger partial charge in [-0.1, -0.05) is 35.3 Å². The fraction of sp³-hybridized carbons (Fsp3) is 0.0500. The lowest BCUT2D eigenvalue weighted by Crippen LogP contribution is -2.20. The number of nitrogens with zero attached hydrogens (tertiary/aromatic N) is 3. The monoisotopic (exact) mass is 397 g/mol. The van der Waals surface area contributed by atoms with Gasteiger partial charge in [0.05, 0.1) is 27.2 Å². The lowest BCUT2D eigenvalue weighted by Gasteiger charge is -2.04. The van der Waals surface area contributed by atoms with E-state index in [-0.39, 0.29) is 5.56 Å². The van der Waals surface area contributed by atoms with Crippen LogP contribution in [0.3, 0.4) is 0 Å². The molecule has 0 aliphatic carbocycles. The molecule has 2 aromatic heterocycles. The van der Waals surface area contributed by atoms with Crippen molar-refractivity contribution in [1.29, 1.82) is 0 Å². The van der Waals surface area contributed by atoms with Crippen molar-refractivity contribution in [2.45, 2.75) is 6.92 Å². The van der Waals surface area contributed by atoms with Crippen molar-refractivity contribution in [2.75, 3.05) is 0 Å². The van der Waals surface area contributed by atoms with Crippen LogP contribution < -0.4 is 5.56 Å². The molecule has 0 aliphatic heterocycles. The zero-order valence-electron chi connectivity index (χ0n) is 14.2. The van der Waals surface area contributed by atoms with E-state index >= 15 is 0 Å². The largest absolute Gasteiger partial charge is 0.455 e. The van der Waals surface area contributed by atoms with Crippen LogP contribution in [-0.4, -0.2) is 15.9 Å². The van der Waals surface area contributed by atoms with Gasteiger partial charge in [-0.05, 0) is 49.4 Å². The molecule has 5 nitrogen and oxygen atoms in total. The molecule has 0 bridgehead atoms. The number of furan rings is 1. The maximum atomic E-state index is 12.6.